The molecule has 2 heterocycles. The van der Waals surface area contributed by atoms with Gasteiger partial charge in [-0.05, 0) is 36.6 Å². The lowest BCUT2D eigenvalue weighted by Gasteiger charge is -2.16. The Bertz CT molecular complexity index is 874. The van der Waals surface area contributed by atoms with Gasteiger partial charge in [-0.15, -0.1) is 0 Å². The highest BCUT2D eigenvalue weighted by molar-refractivity contribution is 6.13. The second-order valence-electron chi connectivity index (χ2n) is 5.30. The number of aryl methyl sites for hydroxylation is 1. The molecule has 3 heteroatoms. The lowest BCUT2D eigenvalue weighted by molar-refractivity contribution is 0.102. The summed E-state index contributed by atoms with van der Waals surface area (Å²) in [6.45, 7) is 0. The van der Waals surface area contributed by atoms with E-state index in [-0.39, 0.29) is 5.78 Å². The minimum atomic E-state index is 0.148. The molecule has 0 amide bonds. The van der Waals surface area contributed by atoms with Gasteiger partial charge in [0, 0.05) is 34.5 Å². The summed E-state index contributed by atoms with van der Waals surface area (Å²) in [6.07, 6.45) is 7.39. The Labute approximate surface area is 122 Å². The van der Waals surface area contributed by atoms with Gasteiger partial charge in [0.25, 0.3) is 0 Å². The summed E-state index contributed by atoms with van der Waals surface area (Å²) in [6, 6.07) is 11.8. The molecule has 0 spiro atoms. The van der Waals surface area contributed by atoms with E-state index in [1.807, 2.05) is 48.7 Å². The Kier molecular flexibility index (Phi) is 2.71. The fraction of sp³-hybridized carbons (Fsp3) is 0.111. The van der Waals surface area contributed by atoms with E-state index >= 15 is 0 Å². The molecule has 3 aromatic rings. The molecule has 0 saturated heterocycles. The number of rotatable bonds is 1. The van der Waals surface area contributed by atoms with Crippen molar-refractivity contribution in [2.45, 2.75) is 12.8 Å². The molecular weight excluding hydrogens is 260 g/mol. The fourth-order valence-corrected chi connectivity index (χ4v) is 2.94. The second-order valence-corrected chi connectivity index (χ2v) is 5.30. The molecule has 0 atom stereocenters. The monoisotopic (exact) mass is 274 g/mol. The molecule has 0 unspecified atom stereocenters. The number of hydrogen-bond donors (Lipinski definition) is 1. The number of H-pyrrole nitrogens is 1. The number of nitrogens with one attached hydrogen (secondary N) is 1. The molecule has 2 aromatic heterocycles. The van der Waals surface area contributed by atoms with Crippen molar-refractivity contribution in [1.82, 2.24) is 9.97 Å². The van der Waals surface area contributed by atoms with Crippen molar-refractivity contribution < 1.29 is 4.79 Å². The number of carbonyl (C=O) groups is 1. The van der Waals surface area contributed by atoms with Gasteiger partial charge < -0.3 is 4.98 Å². The average Bonchev–Trinajstić information content (AvgIpc) is 2.94. The van der Waals surface area contributed by atoms with Crippen molar-refractivity contribution in [2.24, 2.45) is 0 Å². The van der Waals surface area contributed by atoms with E-state index in [2.05, 4.69) is 9.97 Å². The number of benzene rings is 1. The van der Waals surface area contributed by atoms with Gasteiger partial charge in [-0.1, -0.05) is 24.3 Å². The molecule has 1 N–H and O–H groups in total. The van der Waals surface area contributed by atoms with Gasteiger partial charge in [-0.3, -0.25) is 4.79 Å². The molecule has 1 aliphatic rings. The third-order valence-electron chi connectivity index (χ3n) is 4.03. The van der Waals surface area contributed by atoms with E-state index < -0.39 is 0 Å². The third-order valence-corrected chi connectivity index (χ3v) is 4.03. The van der Waals surface area contributed by atoms with E-state index in [9.17, 15) is 4.79 Å². The van der Waals surface area contributed by atoms with Crippen LogP contribution < -0.4 is 0 Å². The Hall–Kier alpha value is -2.68. The zero-order valence-electron chi connectivity index (χ0n) is 11.5. The summed E-state index contributed by atoms with van der Waals surface area (Å²) in [7, 11) is 0. The minimum absolute atomic E-state index is 0.148. The molecular formula is C18H14N2O. The standard InChI is InChI=1S/C18H14N2O/c21-17-13(8-7-12-4-1-2-5-15(12)17)10-14-11-20-18-16(14)6-3-9-19-18/h1-6,9-11H,7-8H2,(H,19,20)/b13-10+. The largest absolute Gasteiger partial charge is 0.346 e. The normalized spacial score (nSPS) is 16.4. The van der Waals surface area contributed by atoms with Crippen LogP contribution in [0.1, 0.15) is 27.9 Å². The average molecular weight is 274 g/mol. The van der Waals surface area contributed by atoms with Crippen molar-refractivity contribution in [2.75, 3.05) is 0 Å². The molecule has 21 heavy (non-hydrogen) atoms. The maximum atomic E-state index is 12.6. The molecule has 0 saturated carbocycles. The number of fused-ring (bicyclic) bond motifs is 2. The SMILES string of the molecule is O=C1/C(=C/c2c[nH]c3ncccc23)CCc2ccccc21. The molecule has 102 valence electrons. The Morgan fingerprint density at radius 3 is 2.95 bits per heavy atom. The summed E-state index contributed by atoms with van der Waals surface area (Å²) in [4.78, 5) is 20.0. The summed E-state index contributed by atoms with van der Waals surface area (Å²) in [5.41, 5.74) is 4.75. The zero-order valence-corrected chi connectivity index (χ0v) is 11.5. The number of aromatic nitrogens is 2. The molecule has 4 rings (SSSR count). The summed E-state index contributed by atoms with van der Waals surface area (Å²) in [5.74, 6) is 0.148. The lowest BCUT2D eigenvalue weighted by atomic mass is 9.86. The van der Waals surface area contributed by atoms with Crippen LogP contribution in [0.2, 0.25) is 0 Å². The van der Waals surface area contributed by atoms with Gasteiger partial charge in [-0.25, -0.2) is 4.98 Å². The number of aromatic amines is 1. The van der Waals surface area contributed by atoms with Crippen LogP contribution in [0.25, 0.3) is 17.1 Å². The maximum absolute atomic E-state index is 12.6. The molecule has 0 bridgehead atoms. The van der Waals surface area contributed by atoms with Crippen molar-refractivity contribution >= 4 is 22.9 Å². The van der Waals surface area contributed by atoms with Gasteiger partial charge >= 0.3 is 0 Å². The van der Waals surface area contributed by atoms with Gasteiger partial charge in [-0.2, -0.15) is 0 Å². The number of carbonyl (C=O) groups excluding carboxylic acids is 1. The van der Waals surface area contributed by atoms with Crippen molar-refractivity contribution in [1.29, 1.82) is 0 Å². The number of allylic oxidation sites excluding steroid dienone is 1. The summed E-state index contributed by atoms with van der Waals surface area (Å²) >= 11 is 0. The first-order valence-electron chi connectivity index (χ1n) is 7.08. The third kappa shape index (κ3) is 1.98. The Balaban J connectivity index is 1.79. The second kappa shape index (κ2) is 4.70. The van der Waals surface area contributed by atoms with E-state index in [0.717, 1.165) is 46.1 Å². The predicted molar refractivity (Wildman–Crippen MR) is 83.2 cm³/mol. The molecule has 0 radical (unpaired) electrons. The van der Waals surface area contributed by atoms with Crippen LogP contribution in [-0.2, 0) is 6.42 Å². The van der Waals surface area contributed by atoms with Crippen LogP contribution in [0.5, 0.6) is 0 Å². The van der Waals surface area contributed by atoms with Gasteiger partial charge in [0.05, 0.1) is 0 Å². The van der Waals surface area contributed by atoms with E-state index in [1.54, 1.807) is 6.20 Å². The number of hydrogen-bond acceptors (Lipinski definition) is 2. The number of Topliss-reactive ketones (excluding diaryl/α,β-unsaturated/α-hetero) is 1. The highest BCUT2D eigenvalue weighted by Crippen LogP contribution is 2.28. The predicted octanol–water partition coefficient (Wildman–Crippen LogP) is 3.78. The molecule has 1 aliphatic carbocycles. The van der Waals surface area contributed by atoms with Crippen LogP contribution in [0.4, 0.5) is 0 Å². The number of nitrogens with zero attached hydrogens (tertiary/aromatic N) is 1. The van der Waals surface area contributed by atoms with E-state index in [1.165, 1.54) is 0 Å². The highest BCUT2D eigenvalue weighted by Gasteiger charge is 2.21. The lowest BCUT2D eigenvalue weighted by Crippen LogP contribution is -2.13. The topological polar surface area (TPSA) is 45.8 Å². The Morgan fingerprint density at radius 1 is 1.10 bits per heavy atom. The van der Waals surface area contributed by atoms with Crippen LogP contribution in [-0.4, -0.2) is 15.8 Å². The highest BCUT2D eigenvalue weighted by atomic mass is 16.1. The van der Waals surface area contributed by atoms with Crippen molar-refractivity contribution in [3.05, 3.63) is 71.1 Å². The van der Waals surface area contributed by atoms with Crippen molar-refractivity contribution in [3.63, 3.8) is 0 Å². The van der Waals surface area contributed by atoms with E-state index in [4.69, 9.17) is 0 Å². The van der Waals surface area contributed by atoms with Crippen LogP contribution >= 0.6 is 0 Å². The fourth-order valence-electron chi connectivity index (χ4n) is 2.94. The van der Waals surface area contributed by atoms with Crippen molar-refractivity contribution in [3.8, 4) is 0 Å². The minimum Gasteiger partial charge on any atom is -0.346 e. The van der Waals surface area contributed by atoms with Crippen LogP contribution in [0, 0.1) is 0 Å². The molecule has 3 nitrogen and oxygen atoms in total. The van der Waals surface area contributed by atoms with Gasteiger partial charge in [0.1, 0.15) is 5.65 Å². The Morgan fingerprint density at radius 2 is 2.00 bits per heavy atom. The summed E-state index contributed by atoms with van der Waals surface area (Å²) in [5, 5.41) is 1.05. The smallest absolute Gasteiger partial charge is 0.189 e. The first-order chi connectivity index (χ1) is 10.3. The first kappa shape index (κ1) is 12.1. The van der Waals surface area contributed by atoms with Gasteiger partial charge in [0.2, 0.25) is 0 Å². The quantitative estimate of drug-likeness (QED) is 0.686. The van der Waals surface area contributed by atoms with Crippen LogP contribution in [0.3, 0.4) is 0 Å². The number of ketones is 1. The molecule has 0 aliphatic heterocycles. The van der Waals surface area contributed by atoms with Crippen LogP contribution in [0.15, 0.2) is 54.4 Å². The van der Waals surface area contributed by atoms with E-state index in [0.29, 0.717) is 0 Å². The number of pyridine rings is 1. The summed E-state index contributed by atoms with van der Waals surface area (Å²) < 4.78 is 0. The molecule has 0 fully saturated rings. The molecule has 1 aromatic carbocycles. The zero-order chi connectivity index (χ0) is 14.2. The van der Waals surface area contributed by atoms with Gasteiger partial charge in [0.15, 0.2) is 5.78 Å². The first-order valence-corrected chi connectivity index (χ1v) is 7.08. The maximum Gasteiger partial charge on any atom is 0.189 e.